The lowest BCUT2D eigenvalue weighted by molar-refractivity contribution is -0.259. The summed E-state index contributed by atoms with van der Waals surface area (Å²) >= 11 is 0. The summed E-state index contributed by atoms with van der Waals surface area (Å²) < 4.78 is 38.1. The van der Waals surface area contributed by atoms with E-state index in [1.807, 2.05) is 6.07 Å². The maximum absolute atomic E-state index is 12.7. The molecule has 0 spiro atoms. The van der Waals surface area contributed by atoms with Crippen LogP contribution in [0.1, 0.15) is 29.2 Å². The Morgan fingerprint density at radius 3 is 2.12 bits per heavy atom. The predicted molar refractivity (Wildman–Crippen MR) is 56.3 cm³/mol. The zero-order valence-corrected chi connectivity index (χ0v) is 9.68. The molecule has 0 aliphatic heterocycles. The Balaban J connectivity index is 3.46. The lowest BCUT2D eigenvalue weighted by Gasteiger charge is -2.29. The Morgan fingerprint density at radius 1 is 1.18 bits per heavy atom. The molecule has 1 rings (SSSR count). The molecule has 0 saturated carbocycles. The minimum absolute atomic E-state index is 0.221. The number of hydrogen-bond donors (Lipinski definition) is 1. The molecule has 0 fully saturated rings. The van der Waals surface area contributed by atoms with Crippen LogP contribution in [0.25, 0.3) is 0 Å². The van der Waals surface area contributed by atoms with Crippen LogP contribution in [0.5, 0.6) is 0 Å². The van der Waals surface area contributed by atoms with Crippen molar-refractivity contribution in [2.75, 3.05) is 0 Å². The lowest BCUT2D eigenvalue weighted by atomic mass is 9.87. The standard InChI is InChI=1S/C12H12F3NO/c1-7-8(2)10(5-4-9(7)6-16)11(3,17)12(13,14)15/h4-5,17H,1-3H3. The molecular weight excluding hydrogens is 231 g/mol. The Hall–Kier alpha value is -1.54. The summed E-state index contributed by atoms with van der Waals surface area (Å²) in [6, 6.07) is 4.33. The van der Waals surface area contributed by atoms with Gasteiger partial charge in [0.25, 0.3) is 0 Å². The van der Waals surface area contributed by atoms with Gasteiger partial charge >= 0.3 is 6.18 Å². The molecule has 2 nitrogen and oxygen atoms in total. The van der Waals surface area contributed by atoms with Crippen LogP contribution in [-0.2, 0) is 5.60 Å². The van der Waals surface area contributed by atoms with E-state index in [9.17, 15) is 18.3 Å². The number of halogens is 3. The van der Waals surface area contributed by atoms with Gasteiger partial charge in [-0.3, -0.25) is 0 Å². The molecule has 17 heavy (non-hydrogen) atoms. The second-order valence-electron chi connectivity index (χ2n) is 4.09. The predicted octanol–water partition coefficient (Wildman–Crippen LogP) is 2.94. The SMILES string of the molecule is Cc1c(C#N)ccc(C(C)(O)C(F)(F)F)c1C. The molecule has 0 aliphatic carbocycles. The van der Waals surface area contributed by atoms with Gasteiger partial charge in [-0.1, -0.05) is 6.07 Å². The third-order valence-electron chi connectivity index (χ3n) is 2.98. The van der Waals surface area contributed by atoms with E-state index >= 15 is 0 Å². The molecule has 1 aromatic rings. The highest BCUT2D eigenvalue weighted by Gasteiger charge is 2.51. The highest BCUT2D eigenvalue weighted by atomic mass is 19.4. The monoisotopic (exact) mass is 243 g/mol. The molecule has 1 aromatic carbocycles. The summed E-state index contributed by atoms with van der Waals surface area (Å²) in [5.74, 6) is 0. The summed E-state index contributed by atoms with van der Waals surface area (Å²) in [5, 5.41) is 18.3. The van der Waals surface area contributed by atoms with E-state index in [4.69, 9.17) is 5.26 Å². The van der Waals surface area contributed by atoms with Crippen LogP contribution < -0.4 is 0 Å². The van der Waals surface area contributed by atoms with Crippen LogP contribution in [0.3, 0.4) is 0 Å². The zero-order chi connectivity index (χ0) is 13.4. The van der Waals surface area contributed by atoms with Crippen LogP contribution >= 0.6 is 0 Å². The molecule has 0 aliphatic rings. The Kier molecular flexibility index (Phi) is 3.22. The molecule has 0 aromatic heterocycles. The molecule has 0 saturated heterocycles. The average molecular weight is 243 g/mol. The quantitative estimate of drug-likeness (QED) is 0.824. The van der Waals surface area contributed by atoms with Gasteiger partial charge < -0.3 is 5.11 Å². The van der Waals surface area contributed by atoms with Crippen LogP contribution in [0, 0.1) is 25.2 Å². The normalized spacial score (nSPS) is 15.2. The number of hydrogen-bond acceptors (Lipinski definition) is 2. The smallest absolute Gasteiger partial charge is 0.376 e. The van der Waals surface area contributed by atoms with Crippen LogP contribution in [0.15, 0.2) is 12.1 Å². The van der Waals surface area contributed by atoms with E-state index in [1.165, 1.54) is 13.0 Å². The van der Waals surface area contributed by atoms with Gasteiger partial charge in [-0.2, -0.15) is 18.4 Å². The lowest BCUT2D eigenvalue weighted by Crippen LogP contribution is -2.40. The number of nitriles is 1. The first-order chi connectivity index (χ1) is 7.63. The van der Waals surface area contributed by atoms with Crippen molar-refractivity contribution < 1.29 is 18.3 Å². The molecule has 0 amide bonds. The van der Waals surface area contributed by atoms with Crippen molar-refractivity contribution in [3.05, 3.63) is 34.4 Å². The zero-order valence-electron chi connectivity index (χ0n) is 9.68. The highest BCUT2D eigenvalue weighted by Crippen LogP contribution is 2.40. The Bertz CT molecular complexity index is 484. The van der Waals surface area contributed by atoms with Gasteiger partial charge in [-0.25, -0.2) is 0 Å². The highest BCUT2D eigenvalue weighted by molar-refractivity contribution is 5.47. The summed E-state index contributed by atoms with van der Waals surface area (Å²) in [6.07, 6.45) is -4.75. The number of rotatable bonds is 1. The van der Waals surface area contributed by atoms with E-state index in [0.29, 0.717) is 18.1 Å². The first kappa shape index (κ1) is 13.5. The third kappa shape index (κ3) is 2.13. The van der Waals surface area contributed by atoms with Crippen molar-refractivity contribution in [1.29, 1.82) is 5.26 Å². The van der Waals surface area contributed by atoms with Crippen molar-refractivity contribution in [1.82, 2.24) is 0 Å². The first-order valence-corrected chi connectivity index (χ1v) is 4.92. The van der Waals surface area contributed by atoms with Crippen molar-refractivity contribution in [2.24, 2.45) is 0 Å². The number of benzene rings is 1. The molecule has 92 valence electrons. The molecule has 5 heteroatoms. The van der Waals surface area contributed by atoms with Crippen LogP contribution in [0.2, 0.25) is 0 Å². The molecule has 0 radical (unpaired) electrons. The third-order valence-corrected chi connectivity index (χ3v) is 2.98. The molecule has 0 bridgehead atoms. The van der Waals surface area contributed by atoms with E-state index in [0.717, 1.165) is 6.07 Å². The van der Waals surface area contributed by atoms with Crippen molar-refractivity contribution in [2.45, 2.75) is 32.5 Å². The van der Waals surface area contributed by atoms with E-state index in [-0.39, 0.29) is 11.1 Å². The van der Waals surface area contributed by atoms with E-state index in [1.54, 1.807) is 6.92 Å². The van der Waals surface area contributed by atoms with Crippen molar-refractivity contribution >= 4 is 0 Å². The molecule has 1 N–H and O–H groups in total. The Morgan fingerprint density at radius 2 is 1.71 bits per heavy atom. The van der Waals surface area contributed by atoms with Crippen molar-refractivity contribution in [3.63, 3.8) is 0 Å². The molecule has 1 unspecified atom stereocenters. The van der Waals surface area contributed by atoms with Gasteiger partial charge in [-0.15, -0.1) is 0 Å². The fraction of sp³-hybridized carbons (Fsp3) is 0.417. The second-order valence-corrected chi connectivity index (χ2v) is 4.09. The topological polar surface area (TPSA) is 44.0 Å². The summed E-state index contributed by atoms with van der Waals surface area (Å²) in [4.78, 5) is 0. The first-order valence-electron chi connectivity index (χ1n) is 4.92. The minimum Gasteiger partial charge on any atom is -0.376 e. The summed E-state index contributed by atoms with van der Waals surface area (Å²) in [5.41, 5.74) is -2.08. The maximum atomic E-state index is 12.7. The fourth-order valence-corrected chi connectivity index (χ4v) is 1.62. The van der Waals surface area contributed by atoms with Gasteiger partial charge in [0.2, 0.25) is 0 Å². The molecule has 1 atom stereocenters. The summed E-state index contributed by atoms with van der Waals surface area (Å²) in [6.45, 7) is 3.73. The van der Waals surface area contributed by atoms with Gasteiger partial charge in [0.15, 0.2) is 5.60 Å². The maximum Gasteiger partial charge on any atom is 0.421 e. The van der Waals surface area contributed by atoms with E-state index in [2.05, 4.69) is 0 Å². The number of aliphatic hydroxyl groups is 1. The Labute approximate surface area is 97.3 Å². The van der Waals surface area contributed by atoms with Crippen LogP contribution in [0.4, 0.5) is 13.2 Å². The van der Waals surface area contributed by atoms with Gasteiger partial charge in [0, 0.05) is 0 Å². The van der Waals surface area contributed by atoms with Gasteiger partial charge in [0.1, 0.15) is 0 Å². The number of nitrogens with zero attached hydrogens (tertiary/aromatic N) is 1. The second kappa shape index (κ2) is 4.04. The van der Waals surface area contributed by atoms with E-state index < -0.39 is 11.8 Å². The van der Waals surface area contributed by atoms with Gasteiger partial charge in [0.05, 0.1) is 11.6 Å². The summed E-state index contributed by atoms with van der Waals surface area (Å²) in [7, 11) is 0. The van der Waals surface area contributed by atoms with Crippen molar-refractivity contribution in [3.8, 4) is 6.07 Å². The molecule has 0 heterocycles. The van der Waals surface area contributed by atoms with Gasteiger partial charge in [-0.05, 0) is 43.5 Å². The average Bonchev–Trinajstić information content (AvgIpc) is 2.20. The minimum atomic E-state index is -4.75. The largest absolute Gasteiger partial charge is 0.421 e. The van der Waals surface area contributed by atoms with Crippen LogP contribution in [-0.4, -0.2) is 11.3 Å². The fourth-order valence-electron chi connectivity index (χ4n) is 1.62. The molecular formula is C12H12F3NO. The number of alkyl halides is 3.